The fraction of sp³-hybridized carbons (Fsp3) is 0.200. The van der Waals surface area contributed by atoms with Gasteiger partial charge in [0, 0.05) is 41.6 Å². The number of benzene rings is 3. The number of hydrogen-bond acceptors (Lipinski definition) is 3. The quantitative estimate of drug-likeness (QED) is 0.464. The van der Waals surface area contributed by atoms with Crippen LogP contribution < -0.4 is 5.32 Å². The molecule has 2 N–H and O–H groups in total. The van der Waals surface area contributed by atoms with Gasteiger partial charge in [0.25, 0.3) is 0 Å². The standard InChI is InChI=1S/C25H23ClN4O/c26-20-8-4-7-18(11-20)22-15-30(14-17-5-2-1-3-6-17)16-23(22)25(31)28-21-9-10-24-19(12-21)13-27-29-24/h1-13,22-23H,14-16H2,(H,27,29)(H,28,31). The molecular formula is C25H23ClN4O. The molecule has 1 aliphatic heterocycles. The van der Waals surface area contributed by atoms with Crippen molar-refractivity contribution in [3.05, 3.63) is 95.1 Å². The molecule has 31 heavy (non-hydrogen) atoms. The van der Waals surface area contributed by atoms with E-state index in [-0.39, 0.29) is 17.7 Å². The summed E-state index contributed by atoms with van der Waals surface area (Å²) in [5.41, 5.74) is 4.09. The topological polar surface area (TPSA) is 61.0 Å². The van der Waals surface area contributed by atoms with Crippen molar-refractivity contribution >= 4 is 34.1 Å². The van der Waals surface area contributed by atoms with Crippen LogP contribution in [-0.4, -0.2) is 34.1 Å². The van der Waals surface area contributed by atoms with Crippen LogP contribution in [0.1, 0.15) is 17.0 Å². The number of nitrogens with one attached hydrogen (secondary N) is 2. The number of aromatic amines is 1. The van der Waals surface area contributed by atoms with E-state index in [0.717, 1.165) is 35.2 Å². The minimum absolute atomic E-state index is 0.0309. The highest BCUT2D eigenvalue weighted by atomic mass is 35.5. The van der Waals surface area contributed by atoms with Crippen molar-refractivity contribution in [3.63, 3.8) is 0 Å². The van der Waals surface area contributed by atoms with Gasteiger partial charge in [0.05, 0.1) is 17.6 Å². The molecule has 1 fully saturated rings. The summed E-state index contributed by atoms with van der Waals surface area (Å²) >= 11 is 6.27. The number of likely N-dealkylation sites (tertiary alicyclic amines) is 1. The summed E-state index contributed by atoms with van der Waals surface area (Å²) in [6.07, 6.45) is 1.76. The first-order chi connectivity index (χ1) is 15.2. The number of carbonyl (C=O) groups is 1. The third kappa shape index (κ3) is 4.33. The minimum atomic E-state index is -0.165. The van der Waals surface area contributed by atoms with E-state index in [0.29, 0.717) is 11.6 Å². The van der Waals surface area contributed by atoms with Crippen molar-refractivity contribution in [2.24, 2.45) is 5.92 Å². The summed E-state index contributed by atoms with van der Waals surface area (Å²) in [5, 5.41) is 11.8. The summed E-state index contributed by atoms with van der Waals surface area (Å²) in [4.78, 5) is 15.7. The Bertz CT molecular complexity index is 1210. The lowest BCUT2D eigenvalue weighted by molar-refractivity contribution is -0.119. The number of fused-ring (bicyclic) bond motifs is 1. The van der Waals surface area contributed by atoms with Gasteiger partial charge in [-0.1, -0.05) is 54.1 Å². The van der Waals surface area contributed by atoms with Crippen molar-refractivity contribution in [3.8, 4) is 0 Å². The first-order valence-electron chi connectivity index (χ1n) is 10.4. The molecule has 1 aromatic heterocycles. The molecule has 0 spiro atoms. The van der Waals surface area contributed by atoms with Crippen LogP contribution in [0.4, 0.5) is 5.69 Å². The van der Waals surface area contributed by atoms with Gasteiger partial charge in [-0.25, -0.2) is 0 Å². The van der Waals surface area contributed by atoms with Crippen LogP contribution in [0.25, 0.3) is 10.9 Å². The zero-order chi connectivity index (χ0) is 21.2. The molecule has 0 radical (unpaired) electrons. The Balaban J connectivity index is 1.39. The number of amides is 1. The molecule has 2 heterocycles. The number of nitrogens with zero attached hydrogens (tertiary/aromatic N) is 2. The van der Waals surface area contributed by atoms with Crippen LogP contribution in [0.3, 0.4) is 0 Å². The van der Waals surface area contributed by atoms with Crippen molar-refractivity contribution in [1.29, 1.82) is 0 Å². The fourth-order valence-corrected chi connectivity index (χ4v) is 4.65. The zero-order valence-electron chi connectivity index (χ0n) is 17.0. The highest BCUT2D eigenvalue weighted by molar-refractivity contribution is 6.30. The monoisotopic (exact) mass is 430 g/mol. The number of halogens is 1. The molecule has 1 saturated heterocycles. The summed E-state index contributed by atoms with van der Waals surface area (Å²) in [6.45, 7) is 2.34. The number of H-pyrrole nitrogens is 1. The van der Waals surface area contributed by atoms with Gasteiger partial charge in [0.2, 0.25) is 5.91 Å². The van der Waals surface area contributed by atoms with E-state index in [1.54, 1.807) is 6.20 Å². The summed E-state index contributed by atoms with van der Waals surface area (Å²) < 4.78 is 0. The molecular weight excluding hydrogens is 408 g/mol. The van der Waals surface area contributed by atoms with Crippen LogP contribution in [0, 0.1) is 5.92 Å². The van der Waals surface area contributed by atoms with Crippen LogP contribution >= 0.6 is 11.6 Å². The summed E-state index contributed by atoms with van der Waals surface area (Å²) in [6, 6.07) is 24.0. The number of hydrogen-bond donors (Lipinski definition) is 2. The van der Waals surface area contributed by atoms with Crippen molar-refractivity contribution < 1.29 is 4.79 Å². The zero-order valence-corrected chi connectivity index (χ0v) is 17.7. The average molecular weight is 431 g/mol. The van der Waals surface area contributed by atoms with Gasteiger partial charge in [-0.15, -0.1) is 0 Å². The highest BCUT2D eigenvalue weighted by Gasteiger charge is 2.38. The number of carbonyl (C=O) groups excluding carboxylic acids is 1. The Kier molecular flexibility index (Phi) is 5.45. The van der Waals surface area contributed by atoms with Gasteiger partial charge < -0.3 is 5.32 Å². The molecule has 1 amide bonds. The molecule has 0 saturated carbocycles. The molecule has 2 atom stereocenters. The largest absolute Gasteiger partial charge is 0.326 e. The molecule has 2 unspecified atom stereocenters. The van der Waals surface area contributed by atoms with Crippen LogP contribution in [0.15, 0.2) is 79.0 Å². The predicted molar refractivity (Wildman–Crippen MR) is 124 cm³/mol. The van der Waals surface area contributed by atoms with E-state index < -0.39 is 0 Å². The van der Waals surface area contributed by atoms with E-state index in [1.165, 1.54) is 5.56 Å². The van der Waals surface area contributed by atoms with Crippen LogP contribution in [0.5, 0.6) is 0 Å². The van der Waals surface area contributed by atoms with Crippen LogP contribution in [-0.2, 0) is 11.3 Å². The average Bonchev–Trinajstić information content (AvgIpc) is 3.41. The predicted octanol–water partition coefficient (Wildman–Crippen LogP) is 5.07. The lowest BCUT2D eigenvalue weighted by Crippen LogP contribution is -2.28. The number of aromatic nitrogens is 2. The molecule has 1 aliphatic rings. The second-order valence-electron chi connectivity index (χ2n) is 8.11. The first kappa shape index (κ1) is 19.8. The molecule has 0 aliphatic carbocycles. The van der Waals surface area contributed by atoms with Crippen molar-refractivity contribution in [2.75, 3.05) is 18.4 Å². The van der Waals surface area contributed by atoms with E-state index in [4.69, 9.17) is 11.6 Å². The lowest BCUT2D eigenvalue weighted by atomic mass is 9.88. The highest BCUT2D eigenvalue weighted by Crippen LogP contribution is 2.35. The molecule has 5 nitrogen and oxygen atoms in total. The maximum absolute atomic E-state index is 13.4. The van der Waals surface area contributed by atoms with Crippen molar-refractivity contribution in [2.45, 2.75) is 12.5 Å². The molecule has 6 heteroatoms. The molecule has 3 aromatic carbocycles. The van der Waals surface area contributed by atoms with E-state index in [9.17, 15) is 4.79 Å². The Morgan fingerprint density at radius 1 is 1.06 bits per heavy atom. The number of anilines is 1. The normalized spacial score (nSPS) is 19.0. The summed E-state index contributed by atoms with van der Waals surface area (Å²) in [5.74, 6) is -0.0503. The van der Waals surface area contributed by atoms with E-state index in [1.807, 2.05) is 42.5 Å². The first-order valence-corrected chi connectivity index (χ1v) is 10.8. The van der Waals surface area contributed by atoms with Gasteiger partial charge in [-0.2, -0.15) is 5.10 Å². The smallest absolute Gasteiger partial charge is 0.229 e. The number of rotatable bonds is 5. The fourth-order valence-electron chi connectivity index (χ4n) is 4.45. The second-order valence-corrected chi connectivity index (χ2v) is 8.55. The van der Waals surface area contributed by atoms with Gasteiger partial charge in [-0.05, 0) is 41.5 Å². The Morgan fingerprint density at radius 3 is 2.77 bits per heavy atom. The SMILES string of the molecule is O=C(Nc1ccc2[nH]ncc2c1)C1CN(Cc2ccccc2)CC1c1cccc(Cl)c1. The van der Waals surface area contributed by atoms with Gasteiger partial charge in [-0.3, -0.25) is 14.8 Å². The van der Waals surface area contributed by atoms with Gasteiger partial charge >= 0.3 is 0 Å². The Morgan fingerprint density at radius 2 is 1.94 bits per heavy atom. The molecule has 5 rings (SSSR count). The molecule has 156 valence electrons. The van der Waals surface area contributed by atoms with Gasteiger partial charge in [0.15, 0.2) is 0 Å². The maximum atomic E-state index is 13.4. The molecule has 4 aromatic rings. The maximum Gasteiger partial charge on any atom is 0.229 e. The Hall–Kier alpha value is -3.15. The summed E-state index contributed by atoms with van der Waals surface area (Å²) in [7, 11) is 0. The molecule has 0 bridgehead atoms. The van der Waals surface area contributed by atoms with Gasteiger partial charge in [0.1, 0.15) is 0 Å². The van der Waals surface area contributed by atoms with E-state index >= 15 is 0 Å². The third-order valence-corrected chi connectivity index (χ3v) is 6.20. The Labute approximate surface area is 186 Å². The van der Waals surface area contributed by atoms with Crippen molar-refractivity contribution in [1.82, 2.24) is 15.1 Å². The lowest BCUT2D eigenvalue weighted by Gasteiger charge is -2.19. The van der Waals surface area contributed by atoms with E-state index in [2.05, 4.69) is 50.7 Å². The minimum Gasteiger partial charge on any atom is -0.326 e. The third-order valence-electron chi connectivity index (χ3n) is 5.97. The van der Waals surface area contributed by atoms with Crippen LogP contribution in [0.2, 0.25) is 5.02 Å². The second kappa shape index (κ2) is 8.53.